The molecule has 0 aliphatic heterocycles. The van der Waals surface area contributed by atoms with E-state index >= 15 is 0 Å². The van der Waals surface area contributed by atoms with Crippen molar-refractivity contribution in [1.82, 2.24) is 10.6 Å². The van der Waals surface area contributed by atoms with E-state index in [1.165, 1.54) is 6.07 Å². The van der Waals surface area contributed by atoms with Crippen molar-refractivity contribution in [3.63, 3.8) is 0 Å². The summed E-state index contributed by atoms with van der Waals surface area (Å²) in [5.74, 6) is -0.487. The molecule has 35 heavy (non-hydrogen) atoms. The van der Waals surface area contributed by atoms with Crippen LogP contribution in [0.25, 0.3) is 0 Å². The number of carbonyl (C=O) groups excluding carboxylic acids is 1. The number of anilines is 1. The van der Waals surface area contributed by atoms with Crippen molar-refractivity contribution in [3.8, 4) is 0 Å². The molecular weight excluding hydrogens is 548 g/mol. The van der Waals surface area contributed by atoms with Crippen molar-refractivity contribution in [3.05, 3.63) is 88.4 Å². The Morgan fingerprint density at radius 3 is 2.31 bits per heavy atom. The number of benzene rings is 3. The first kappa shape index (κ1) is 27.2. The Morgan fingerprint density at radius 1 is 0.914 bits per heavy atom. The summed E-state index contributed by atoms with van der Waals surface area (Å²) in [5.41, 5.74) is 4.40. The highest BCUT2D eigenvalue weighted by molar-refractivity contribution is 7.80. The van der Waals surface area contributed by atoms with E-state index in [2.05, 4.69) is 26.2 Å². The van der Waals surface area contributed by atoms with Gasteiger partial charge in [0.1, 0.15) is 6.17 Å². The fourth-order valence-corrected chi connectivity index (χ4v) is 3.72. The van der Waals surface area contributed by atoms with Crippen molar-refractivity contribution in [2.45, 2.75) is 23.8 Å². The molecule has 1 atom stereocenters. The highest BCUT2D eigenvalue weighted by atomic mass is 35.6. The van der Waals surface area contributed by atoms with Gasteiger partial charge in [-0.1, -0.05) is 70.7 Å². The summed E-state index contributed by atoms with van der Waals surface area (Å²) < 4.78 is -1.89. The zero-order valence-electron chi connectivity index (χ0n) is 18.7. The predicted octanol–water partition coefficient (Wildman–Crippen LogP) is 7.78. The summed E-state index contributed by atoms with van der Waals surface area (Å²) in [5, 5.41) is 17.7. The van der Waals surface area contributed by atoms with Gasteiger partial charge in [0.2, 0.25) is 3.79 Å². The molecule has 0 radical (unpaired) electrons. The molecule has 3 rings (SSSR count). The number of halogens is 4. The van der Waals surface area contributed by atoms with Gasteiger partial charge < -0.3 is 16.0 Å². The monoisotopic (exact) mass is 567 g/mol. The average molecular weight is 569 g/mol. The molecule has 1 amide bonds. The smallest absolute Gasteiger partial charge is 0.253 e. The maximum Gasteiger partial charge on any atom is 0.253 e. The molecule has 0 saturated carbocycles. The van der Waals surface area contributed by atoms with Crippen LogP contribution < -0.4 is 16.0 Å². The molecule has 0 saturated heterocycles. The van der Waals surface area contributed by atoms with Crippen molar-refractivity contribution in [2.24, 2.45) is 10.2 Å². The maximum absolute atomic E-state index is 12.6. The van der Waals surface area contributed by atoms with Crippen LogP contribution in [0.1, 0.15) is 21.5 Å². The SMILES string of the molecule is Cc1ccccc1N=Nc1ccc(NC(=S)N[C@@H](NC(=O)c2cccc(Cl)c2)C(Cl)(Cl)Cl)c(C)c1. The molecule has 11 heteroatoms. The number of carbonyl (C=O) groups is 1. The number of azo groups is 1. The van der Waals surface area contributed by atoms with Crippen molar-refractivity contribution < 1.29 is 4.79 Å². The van der Waals surface area contributed by atoms with Gasteiger partial charge in [-0.15, -0.1) is 0 Å². The number of nitrogens with zero attached hydrogens (tertiary/aromatic N) is 2. The van der Waals surface area contributed by atoms with Crippen molar-refractivity contribution in [1.29, 1.82) is 0 Å². The van der Waals surface area contributed by atoms with Crippen LogP contribution in [0.4, 0.5) is 17.1 Å². The lowest BCUT2D eigenvalue weighted by Gasteiger charge is -2.28. The zero-order chi connectivity index (χ0) is 25.6. The second-order valence-electron chi connectivity index (χ2n) is 7.54. The molecule has 0 aliphatic rings. The summed E-state index contributed by atoms with van der Waals surface area (Å²) >= 11 is 29.6. The molecule has 0 bridgehead atoms. The van der Waals surface area contributed by atoms with Gasteiger partial charge in [-0.2, -0.15) is 10.2 Å². The van der Waals surface area contributed by atoms with E-state index in [4.69, 9.17) is 58.6 Å². The second kappa shape index (κ2) is 12.0. The number of aryl methyl sites for hydroxylation is 2. The van der Waals surface area contributed by atoms with Gasteiger partial charge in [0.05, 0.1) is 11.4 Å². The number of alkyl halides is 3. The van der Waals surface area contributed by atoms with Crippen LogP contribution in [-0.4, -0.2) is 21.0 Å². The lowest BCUT2D eigenvalue weighted by Crippen LogP contribution is -2.56. The third-order valence-electron chi connectivity index (χ3n) is 4.81. The second-order valence-corrected chi connectivity index (χ2v) is 10.8. The molecule has 0 fully saturated rings. The summed E-state index contributed by atoms with van der Waals surface area (Å²) in [6, 6.07) is 19.6. The molecule has 6 nitrogen and oxygen atoms in total. The third kappa shape index (κ3) is 8.05. The molecule has 182 valence electrons. The summed E-state index contributed by atoms with van der Waals surface area (Å²) in [4.78, 5) is 12.6. The molecule has 0 aliphatic carbocycles. The fraction of sp³-hybridized carbons (Fsp3) is 0.167. The molecule has 0 unspecified atom stereocenters. The van der Waals surface area contributed by atoms with Gasteiger partial charge in [0.25, 0.3) is 5.91 Å². The summed E-state index contributed by atoms with van der Waals surface area (Å²) in [7, 11) is 0. The van der Waals surface area contributed by atoms with Crippen LogP contribution >= 0.6 is 58.6 Å². The van der Waals surface area contributed by atoms with Gasteiger partial charge >= 0.3 is 0 Å². The summed E-state index contributed by atoms with van der Waals surface area (Å²) in [6.07, 6.45) is -1.12. The lowest BCUT2D eigenvalue weighted by molar-refractivity contribution is 0.0934. The van der Waals surface area contributed by atoms with E-state index in [0.717, 1.165) is 16.8 Å². The maximum atomic E-state index is 12.6. The van der Waals surface area contributed by atoms with Crippen LogP contribution in [0.2, 0.25) is 5.02 Å². The zero-order valence-corrected chi connectivity index (χ0v) is 22.5. The first-order chi connectivity index (χ1) is 16.5. The average Bonchev–Trinajstić information content (AvgIpc) is 2.79. The Kier molecular flexibility index (Phi) is 9.33. The minimum atomic E-state index is -1.89. The molecule has 0 aromatic heterocycles. The van der Waals surface area contributed by atoms with Gasteiger partial charge in [0.15, 0.2) is 5.11 Å². The topological polar surface area (TPSA) is 77.9 Å². The number of hydrogen-bond acceptors (Lipinski definition) is 4. The Hall–Kier alpha value is -2.42. The Labute approximate surface area is 229 Å². The largest absolute Gasteiger partial charge is 0.339 e. The normalized spacial score (nSPS) is 12.3. The van der Waals surface area contributed by atoms with Crippen LogP contribution in [0.15, 0.2) is 77.0 Å². The highest BCUT2D eigenvalue weighted by Crippen LogP contribution is 2.30. The Balaban J connectivity index is 1.67. The van der Waals surface area contributed by atoms with Crippen LogP contribution in [-0.2, 0) is 0 Å². The fourth-order valence-electron chi connectivity index (χ4n) is 2.97. The standard InChI is InChI=1S/C24H21Cl4N5OS/c1-14-6-3-4-9-20(14)33-32-18-10-11-19(15(2)12-18)29-23(35)31-22(24(26,27)28)30-21(34)16-7-5-8-17(25)13-16/h3-13,22H,1-2H3,(H,30,34)(H2,29,31,35)/t22-/m1/s1. The van der Waals surface area contributed by atoms with Gasteiger partial charge in [-0.05, 0) is 79.7 Å². The molecule has 0 spiro atoms. The van der Waals surface area contributed by atoms with Crippen molar-refractivity contribution >= 4 is 86.7 Å². The van der Waals surface area contributed by atoms with E-state index in [-0.39, 0.29) is 5.11 Å². The lowest BCUT2D eigenvalue weighted by atomic mass is 10.2. The Bertz CT molecular complexity index is 1260. The molecule has 3 aromatic carbocycles. The minimum Gasteiger partial charge on any atom is -0.339 e. The molecule has 0 heterocycles. The first-order valence-corrected chi connectivity index (χ1v) is 12.2. The molecule has 3 aromatic rings. The number of hydrogen-bond donors (Lipinski definition) is 3. The van der Waals surface area contributed by atoms with E-state index in [1.54, 1.807) is 24.3 Å². The van der Waals surface area contributed by atoms with E-state index in [9.17, 15) is 4.79 Å². The number of amides is 1. The molecule has 3 N–H and O–H groups in total. The van der Waals surface area contributed by atoms with Gasteiger partial charge in [-0.25, -0.2) is 0 Å². The van der Waals surface area contributed by atoms with Crippen molar-refractivity contribution in [2.75, 3.05) is 5.32 Å². The number of nitrogens with one attached hydrogen (secondary N) is 3. The highest BCUT2D eigenvalue weighted by Gasteiger charge is 2.35. The van der Waals surface area contributed by atoms with E-state index in [1.807, 2.05) is 50.2 Å². The minimum absolute atomic E-state index is 0.144. The number of rotatable bonds is 6. The first-order valence-electron chi connectivity index (χ1n) is 10.3. The summed E-state index contributed by atoms with van der Waals surface area (Å²) in [6.45, 7) is 3.87. The van der Waals surface area contributed by atoms with Crippen LogP contribution in [0.5, 0.6) is 0 Å². The van der Waals surface area contributed by atoms with Gasteiger partial charge in [0, 0.05) is 16.3 Å². The van der Waals surface area contributed by atoms with E-state index in [0.29, 0.717) is 22.0 Å². The molecular formula is C24H21Cl4N5OS. The van der Waals surface area contributed by atoms with Crippen LogP contribution in [0, 0.1) is 13.8 Å². The van der Waals surface area contributed by atoms with E-state index < -0.39 is 15.9 Å². The predicted molar refractivity (Wildman–Crippen MR) is 149 cm³/mol. The number of thiocarbonyl (C=S) groups is 1. The van der Waals surface area contributed by atoms with Gasteiger partial charge in [-0.3, -0.25) is 4.79 Å². The third-order valence-corrected chi connectivity index (χ3v) is 5.92. The Morgan fingerprint density at radius 2 is 1.66 bits per heavy atom. The quantitative estimate of drug-likeness (QED) is 0.123. The van der Waals surface area contributed by atoms with Crippen LogP contribution in [0.3, 0.4) is 0 Å².